The summed E-state index contributed by atoms with van der Waals surface area (Å²) < 4.78 is 28.4. The van der Waals surface area contributed by atoms with Crippen LogP contribution < -0.4 is 17.0 Å². The normalized spacial score (nSPS) is 24.6. The number of halogens is 2. The maximum absolute atomic E-state index is 12.4. The number of hydrogen-bond acceptors (Lipinski definition) is 5. The third kappa shape index (κ3) is 4.86. The molecule has 1 fully saturated rings. The Labute approximate surface area is 191 Å². The second kappa shape index (κ2) is 9.45. The number of rotatable bonds is 6. The Hall–Kier alpha value is -0.970. The van der Waals surface area contributed by atoms with Crippen LogP contribution in [0.1, 0.15) is 11.1 Å². The van der Waals surface area contributed by atoms with E-state index < -0.39 is 15.7 Å². The highest BCUT2D eigenvalue weighted by Gasteiger charge is 2.53. The van der Waals surface area contributed by atoms with E-state index in [1.165, 1.54) is 24.7 Å². The Balaban J connectivity index is 0.00000300. The van der Waals surface area contributed by atoms with Crippen LogP contribution in [-0.2, 0) is 22.2 Å². The molecule has 158 valence electrons. The highest BCUT2D eigenvalue weighted by molar-refractivity contribution is 7.99. The van der Waals surface area contributed by atoms with Crippen molar-refractivity contribution in [3.05, 3.63) is 64.7 Å². The molecule has 0 amide bonds. The Morgan fingerprint density at radius 1 is 1.24 bits per heavy atom. The van der Waals surface area contributed by atoms with Gasteiger partial charge in [-0.25, -0.2) is 0 Å². The SMILES string of the molecule is CN=NS(=O)(=O)c1cc(C2(O)CSC[N+]2(C)CCc2ccccc2)ccc1Cl.[Br-]. The second-order valence-corrected chi connectivity index (χ2v) is 9.97. The molecule has 6 nitrogen and oxygen atoms in total. The summed E-state index contributed by atoms with van der Waals surface area (Å²) in [5.74, 6) is 1.19. The smallest absolute Gasteiger partial charge is 0.300 e. The fourth-order valence-electron chi connectivity index (χ4n) is 3.42. The van der Waals surface area contributed by atoms with Crippen LogP contribution in [0.5, 0.6) is 0 Å². The van der Waals surface area contributed by atoms with Crippen molar-refractivity contribution in [2.45, 2.75) is 17.0 Å². The number of quaternary nitrogens is 1. The Morgan fingerprint density at radius 2 is 1.93 bits per heavy atom. The Kier molecular flexibility index (Phi) is 7.92. The number of aliphatic hydroxyl groups is 1. The van der Waals surface area contributed by atoms with Crippen molar-refractivity contribution in [2.24, 2.45) is 9.63 Å². The van der Waals surface area contributed by atoms with Gasteiger partial charge in [0, 0.05) is 19.0 Å². The van der Waals surface area contributed by atoms with Crippen LogP contribution in [0.15, 0.2) is 63.1 Å². The standard InChI is InChI=1S/C19H23ClN3O3S2.BrH/c1-21-22-28(25,26)18-12-16(8-9-17(18)20)19(24)13-27-14-23(19,2)11-10-15-6-4-3-5-7-15;/h3-9,12,24H,10-11,13-14H2,1-2H3;1H/q+1;/p-1. The highest BCUT2D eigenvalue weighted by Crippen LogP contribution is 2.44. The van der Waals surface area contributed by atoms with Gasteiger partial charge in [0.2, 0.25) is 5.72 Å². The van der Waals surface area contributed by atoms with Gasteiger partial charge in [-0.3, -0.25) is 4.48 Å². The van der Waals surface area contributed by atoms with Gasteiger partial charge in [0.15, 0.2) is 0 Å². The average Bonchev–Trinajstić information content (AvgIpc) is 2.97. The van der Waals surface area contributed by atoms with Crippen molar-refractivity contribution in [3.63, 3.8) is 0 Å². The fraction of sp³-hybridized carbons (Fsp3) is 0.368. The summed E-state index contributed by atoms with van der Waals surface area (Å²) in [4.78, 5) is -0.141. The van der Waals surface area contributed by atoms with Crippen molar-refractivity contribution in [3.8, 4) is 0 Å². The number of sulfonamides is 1. The van der Waals surface area contributed by atoms with Crippen LogP contribution in [0.4, 0.5) is 0 Å². The van der Waals surface area contributed by atoms with Crippen LogP contribution >= 0.6 is 23.4 Å². The summed E-state index contributed by atoms with van der Waals surface area (Å²) in [7, 11) is -0.728. The molecule has 0 aliphatic carbocycles. The molecule has 0 aromatic heterocycles. The van der Waals surface area contributed by atoms with E-state index in [0.29, 0.717) is 22.3 Å². The van der Waals surface area contributed by atoms with Gasteiger partial charge < -0.3 is 22.1 Å². The summed E-state index contributed by atoms with van der Waals surface area (Å²) >= 11 is 7.75. The molecule has 2 aromatic carbocycles. The van der Waals surface area contributed by atoms with Gasteiger partial charge >= 0.3 is 10.0 Å². The molecule has 1 saturated heterocycles. The first-order valence-electron chi connectivity index (χ1n) is 8.77. The van der Waals surface area contributed by atoms with Crippen LogP contribution in [0.25, 0.3) is 0 Å². The molecular weight excluding hydrogens is 498 g/mol. The first-order chi connectivity index (χ1) is 13.2. The lowest BCUT2D eigenvalue weighted by molar-refractivity contribution is -0.973. The monoisotopic (exact) mass is 519 g/mol. The fourth-order valence-corrected chi connectivity index (χ4v) is 6.32. The molecule has 1 heterocycles. The molecule has 2 unspecified atom stereocenters. The molecule has 0 bridgehead atoms. The zero-order chi connectivity index (χ0) is 20.4. The van der Waals surface area contributed by atoms with Gasteiger partial charge in [0.1, 0.15) is 10.8 Å². The van der Waals surface area contributed by atoms with Crippen LogP contribution in [0.3, 0.4) is 0 Å². The van der Waals surface area contributed by atoms with E-state index >= 15 is 0 Å². The van der Waals surface area contributed by atoms with Gasteiger partial charge in [-0.1, -0.05) is 58.2 Å². The second-order valence-electron chi connectivity index (χ2n) is 7.05. The predicted octanol–water partition coefficient (Wildman–Crippen LogP) is 0.653. The molecule has 2 atom stereocenters. The zero-order valence-corrected chi connectivity index (χ0v) is 20.1. The van der Waals surface area contributed by atoms with Crippen LogP contribution in [-0.4, -0.2) is 50.3 Å². The summed E-state index contributed by atoms with van der Waals surface area (Å²) in [5.41, 5.74) is 0.490. The van der Waals surface area contributed by atoms with E-state index in [9.17, 15) is 13.5 Å². The van der Waals surface area contributed by atoms with E-state index in [0.717, 1.165) is 12.3 Å². The molecule has 0 saturated carbocycles. The van der Waals surface area contributed by atoms with Gasteiger partial charge in [0.25, 0.3) is 0 Å². The molecule has 1 N–H and O–H groups in total. The quantitative estimate of drug-likeness (QED) is 0.448. The third-order valence-corrected chi connectivity index (χ3v) is 8.24. The number of nitrogens with zero attached hydrogens (tertiary/aromatic N) is 3. The number of likely N-dealkylation sites (N-methyl/N-ethyl adjacent to an activating group) is 1. The van der Waals surface area contributed by atoms with Crippen molar-refractivity contribution in [1.29, 1.82) is 0 Å². The van der Waals surface area contributed by atoms with Gasteiger partial charge in [0.05, 0.1) is 24.4 Å². The third-order valence-electron chi connectivity index (χ3n) is 5.17. The van der Waals surface area contributed by atoms with E-state index in [1.54, 1.807) is 17.8 Å². The number of thioether (sulfide) groups is 1. The molecule has 29 heavy (non-hydrogen) atoms. The van der Waals surface area contributed by atoms with Crippen LogP contribution in [0.2, 0.25) is 5.02 Å². The highest BCUT2D eigenvalue weighted by atomic mass is 79.9. The Bertz CT molecular complexity index is 991. The molecule has 1 aliphatic rings. The minimum atomic E-state index is -4.01. The molecule has 1 aliphatic heterocycles. The molecular formula is C19H23BrClN3O3S2. The molecule has 10 heteroatoms. The van der Waals surface area contributed by atoms with Gasteiger partial charge in [-0.05, 0) is 23.8 Å². The van der Waals surface area contributed by atoms with E-state index in [2.05, 4.69) is 21.8 Å². The maximum atomic E-state index is 12.4. The van der Waals surface area contributed by atoms with Crippen molar-refractivity contribution >= 4 is 33.4 Å². The molecule has 2 aromatic rings. The summed E-state index contributed by atoms with van der Waals surface area (Å²) in [6.45, 7) is 0.715. The lowest BCUT2D eigenvalue weighted by atomic mass is 10.00. The average molecular weight is 521 g/mol. The first kappa shape index (κ1) is 24.3. The molecule has 0 spiro atoms. The van der Waals surface area contributed by atoms with Crippen molar-refractivity contribution in [2.75, 3.05) is 32.3 Å². The van der Waals surface area contributed by atoms with Gasteiger partial charge in [-0.15, -0.1) is 0 Å². The maximum Gasteiger partial charge on any atom is 0.300 e. The lowest BCUT2D eigenvalue weighted by Crippen LogP contribution is -3.00. The Morgan fingerprint density at radius 3 is 2.59 bits per heavy atom. The lowest BCUT2D eigenvalue weighted by Gasteiger charge is -2.42. The largest absolute Gasteiger partial charge is 1.00 e. The molecule has 3 rings (SSSR count). The van der Waals surface area contributed by atoms with E-state index in [1.807, 2.05) is 25.2 Å². The predicted molar refractivity (Wildman–Crippen MR) is 112 cm³/mol. The van der Waals surface area contributed by atoms with Crippen LogP contribution in [0, 0.1) is 0 Å². The first-order valence-corrected chi connectivity index (χ1v) is 11.7. The van der Waals surface area contributed by atoms with Gasteiger partial charge in [-0.2, -0.15) is 13.5 Å². The summed E-state index contributed by atoms with van der Waals surface area (Å²) in [6, 6.07) is 14.7. The molecule has 0 radical (unpaired) electrons. The number of hydrogen-bond donors (Lipinski definition) is 1. The van der Waals surface area contributed by atoms with Crippen molar-refractivity contribution in [1.82, 2.24) is 0 Å². The zero-order valence-electron chi connectivity index (χ0n) is 16.1. The minimum Gasteiger partial charge on any atom is -1.00 e. The topological polar surface area (TPSA) is 79.1 Å². The van der Waals surface area contributed by atoms with E-state index in [-0.39, 0.29) is 26.9 Å². The summed E-state index contributed by atoms with van der Waals surface area (Å²) in [5, 5.41) is 15.1. The minimum absolute atomic E-state index is 0. The van der Waals surface area contributed by atoms with Crippen molar-refractivity contribution < 1.29 is 35.0 Å². The summed E-state index contributed by atoms with van der Waals surface area (Å²) in [6.07, 6.45) is 0.809. The number of benzene rings is 2. The van der Waals surface area contributed by atoms with E-state index in [4.69, 9.17) is 11.6 Å².